The number of nitrogens with zero attached hydrogens (tertiary/aromatic N) is 4. The summed E-state index contributed by atoms with van der Waals surface area (Å²) in [5, 5.41) is 7.96. The van der Waals surface area contributed by atoms with Gasteiger partial charge in [-0.15, -0.1) is 5.10 Å². The topological polar surface area (TPSA) is 75.6 Å². The van der Waals surface area contributed by atoms with Crippen LogP contribution in [0.25, 0.3) is 0 Å². The molecule has 24 heavy (non-hydrogen) atoms. The number of hydrogen-bond donors (Lipinski definition) is 0. The first-order valence-electron chi connectivity index (χ1n) is 7.75. The third-order valence-corrected chi connectivity index (χ3v) is 5.36. The lowest BCUT2D eigenvalue weighted by Crippen LogP contribution is -2.48. The summed E-state index contributed by atoms with van der Waals surface area (Å²) in [6.07, 6.45) is 1.59. The molecule has 128 valence electrons. The van der Waals surface area contributed by atoms with Crippen molar-refractivity contribution in [3.63, 3.8) is 0 Å². The van der Waals surface area contributed by atoms with Crippen molar-refractivity contribution in [2.45, 2.75) is 25.9 Å². The van der Waals surface area contributed by atoms with Crippen LogP contribution < -0.4 is 4.74 Å². The smallest absolute Gasteiger partial charge is 0.242 e. The Morgan fingerprint density at radius 2 is 2.29 bits per heavy atom. The van der Waals surface area contributed by atoms with Gasteiger partial charge in [-0.1, -0.05) is 24.0 Å². The Balaban J connectivity index is 1.56. The highest BCUT2D eigenvalue weighted by Crippen LogP contribution is 2.21. The molecule has 0 aliphatic carbocycles. The van der Waals surface area contributed by atoms with Gasteiger partial charge in [-0.2, -0.15) is 5.10 Å². The van der Waals surface area contributed by atoms with Gasteiger partial charge >= 0.3 is 0 Å². The van der Waals surface area contributed by atoms with Crippen LogP contribution in [0.3, 0.4) is 0 Å². The lowest BCUT2D eigenvalue weighted by Gasteiger charge is -2.33. The molecule has 0 radical (unpaired) electrons. The fraction of sp³-hybridized carbons (Fsp3) is 0.533. The van der Waals surface area contributed by atoms with Crippen molar-refractivity contribution in [2.75, 3.05) is 25.4 Å². The zero-order chi connectivity index (χ0) is 17.1. The fourth-order valence-electron chi connectivity index (χ4n) is 2.65. The number of amides is 2. The SMILES string of the molecule is Cc1ccc(OC2CCCN(C(=O)CN3C(=O)CSC3=S)C2)nn1. The van der Waals surface area contributed by atoms with E-state index >= 15 is 0 Å². The van der Waals surface area contributed by atoms with Crippen LogP contribution in [0, 0.1) is 6.92 Å². The number of aryl methyl sites for hydroxylation is 1. The molecule has 2 amide bonds. The van der Waals surface area contributed by atoms with E-state index in [-0.39, 0.29) is 24.5 Å². The highest BCUT2D eigenvalue weighted by atomic mass is 32.2. The molecule has 1 atom stereocenters. The van der Waals surface area contributed by atoms with Gasteiger partial charge in [-0.3, -0.25) is 14.5 Å². The second-order valence-corrected chi connectivity index (χ2v) is 7.38. The number of aromatic nitrogens is 2. The van der Waals surface area contributed by atoms with Gasteiger partial charge in [0.1, 0.15) is 17.0 Å². The van der Waals surface area contributed by atoms with Gasteiger partial charge in [-0.05, 0) is 25.8 Å². The summed E-state index contributed by atoms with van der Waals surface area (Å²) < 4.78 is 6.30. The zero-order valence-corrected chi connectivity index (χ0v) is 14.9. The largest absolute Gasteiger partial charge is 0.471 e. The van der Waals surface area contributed by atoms with Crippen molar-refractivity contribution < 1.29 is 14.3 Å². The monoisotopic (exact) mass is 366 g/mol. The van der Waals surface area contributed by atoms with E-state index in [4.69, 9.17) is 17.0 Å². The number of piperidine rings is 1. The minimum Gasteiger partial charge on any atom is -0.471 e. The summed E-state index contributed by atoms with van der Waals surface area (Å²) in [4.78, 5) is 27.3. The summed E-state index contributed by atoms with van der Waals surface area (Å²) >= 11 is 6.42. The number of hydrogen-bond acceptors (Lipinski definition) is 7. The number of thioether (sulfide) groups is 1. The summed E-state index contributed by atoms with van der Waals surface area (Å²) in [5.41, 5.74) is 0.826. The molecule has 2 aliphatic rings. The Hall–Kier alpha value is -1.74. The Kier molecular flexibility index (Phi) is 5.30. The van der Waals surface area contributed by atoms with Gasteiger partial charge in [0.05, 0.1) is 18.0 Å². The summed E-state index contributed by atoms with van der Waals surface area (Å²) in [5.74, 6) is 0.589. The maximum absolute atomic E-state index is 12.5. The van der Waals surface area contributed by atoms with Crippen LogP contribution in [0.1, 0.15) is 18.5 Å². The average Bonchev–Trinajstić information content (AvgIpc) is 2.89. The van der Waals surface area contributed by atoms with Crippen LogP contribution in [0.5, 0.6) is 5.88 Å². The fourth-order valence-corrected chi connectivity index (χ4v) is 3.72. The molecular formula is C15H18N4O3S2. The number of ether oxygens (including phenoxy) is 1. The Morgan fingerprint density at radius 1 is 1.46 bits per heavy atom. The van der Waals surface area contributed by atoms with Crippen LogP contribution in [-0.4, -0.2) is 67.6 Å². The second kappa shape index (κ2) is 7.43. The van der Waals surface area contributed by atoms with Gasteiger partial charge < -0.3 is 9.64 Å². The van der Waals surface area contributed by atoms with E-state index in [2.05, 4.69) is 10.2 Å². The van der Waals surface area contributed by atoms with Crippen molar-refractivity contribution in [3.05, 3.63) is 17.8 Å². The molecule has 9 heteroatoms. The van der Waals surface area contributed by atoms with Crippen molar-refractivity contribution in [1.29, 1.82) is 0 Å². The predicted octanol–water partition coefficient (Wildman–Crippen LogP) is 1.02. The number of rotatable bonds is 4. The van der Waals surface area contributed by atoms with Crippen LogP contribution in [-0.2, 0) is 9.59 Å². The molecule has 1 aromatic rings. The summed E-state index contributed by atoms with van der Waals surface area (Å²) in [6, 6.07) is 3.62. The highest BCUT2D eigenvalue weighted by molar-refractivity contribution is 8.23. The third-order valence-electron chi connectivity index (χ3n) is 3.93. The zero-order valence-electron chi connectivity index (χ0n) is 13.3. The molecule has 2 saturated heterocycles. The first kappa shape index (κ1) is 17.1. The molecule has 0 N–H and O–H groups in total. The predicted molar refractivity (Wildman–Crippen MR) is 93.8 cm³/mol. The molecule has 3 heterocycles. The van der Waals surface area contributed by atoms with Gasteiger partial charge in [0, 0.05) is 12.6 Å². The van der Waals surface area contributed by atoms with Crippen molar-refractivity contribution in [2.24, 2.45) is 0 Å². The number of likely N-dealkylation sites (tertiary alicyclic amines) is 1. The van der Waals surface area contributed by atoms with E-state index in [1.807, 2.05) is 13.0 Å². The third kappa shape index (κ3) is 4.02. The van der Waals surface area contributed by atoms with Gasteiger partial charge in [0.15, 0.2) is 0 Å². The van der Waals surface area contributed by atoms with E-state index in [9.17, 15) is 9.59 Å². The lowest BCUT2D eigenvalue weighted by molar-refractivity contribution is -0.137. The van der Waals surface area contributed by atoms with Crippen LogP contribution >= 0.6 is 24.0 Å². The van der Waals surface area contributed by atoms with Crippen molar-refractivity contribution in [1.82, 2.24) is 20.0 Å². The van der Waals surface area contributed by atoms with Gasteiger partial charge in [-0.25, -0.2) is 0 Å². The Labute approximate surface area is 149 Å². The molecule has 2 fully saturated rings. The summed E-state index contributed by atoms with van der Waals surface area (Å²) in [6.45, 7) is 3.03. The maximum Gasteiger partial charge on any atom is 0.242 e. The van der Waals surface area contributed by atoms with Crippen molar-refractivity contribution >= 4 is 40.1 Å². The molecule has 0 bridgehead atoms. The maximum atomic E-state index is 12.5. The molecule has 0 aromatic carbocycles. The average molecular weight is 366 g/mol. The van der Waals surface area contributed by atoms with Crippen LogP contribution in [0.2, 0.25) is 0 Å². The van der Waals surface area contributed by atoms with E-state index in [0.29, 0.717) is 29.0 Å². The first-order chi connectivity index (χ1) is 11.5. The molecule has 1 aromatic heterocycles. The van der Waals surface area contributed by atoms with E-state index < -0.39 is 0 Å². The van der Waals surface area contributed by atoms with E-state index in [1.54, 1.807) is 11.0 Å². The quantitative estimate of drug-likeness (QED) is 0.736. The number of carbonyl (C=O) groups is 2. The number of carbonyl (C=O) groups excluding carboxylic acids is 2. The van der Waals surface area contributed by atoms with E-state index in [0.717, 1.165) is 18.5 Å². The molecule has 1 unspecified atom stereocenters. The normalized spacial score (nSPS) is 21.3. The van der Waals surface area contributed by atoms with Crippen LogP contribution in [0.4, 0.5) is 0 Å². The Bertz CT molecular complexity index is 637. The van der Waals surface area contributed by atoms with Gasteiger partial charge in [0.2, 0.25) is 17.7 Å². The Morgan fingerprint density at radius 3 is 2.96 bits per heavy atom. The molecule has 0 saturated carbocycles. The second-order valence-electron chi connectivity index (χ2n) is 5.77. The van der Waals surface area contributed by atoms with E-state index in [1.165, 1.54) is 16.7 Å². The minimum atomic E-state index is -0.115. The lowest BCUT2D eigenvalue weighted by atomic mass is 10.1. The standard InChI is InChI=1S/C15H18N4O3S2/c1-10-4-5-12(17-16-10)22-11-3-2-6-18(7-11)13(20)8-19-14(21)9-24-15(19)23/h4-5,11H,2-3,6-9H2,1H3. The first-order valence-corrected chi connectivity index (χ1v) is 9.14. The van der Waals surface area contributed by atoms with Crippen molar-refractivity contribution in [3.8, 4) is 5.88 Å². The number of thiocarbonyl (C=S) groups is 1. The molecular weight excluding hydrogens is 348 g/mol. The van der Waals surface area contributed by atoms with Gasteiger partial charge in [0.25, 0.3) is 0 Å². The molecule has 0 spiro atoms. The minimum absolute atomic E-state index is 0.0156. The molecule has 2 aliphatic heterocycles. The highest BCUT2D eigenvalue weighted by Gasteiger charge is 2.32. The summed E-state index contributed by atoms with van der Waals surface area (Å²) in [7, 11) is 0. The molecule has 7 nitrogen and oxygen atoms in total. The van der Waals surface area contributed by atoms with Crippen LogP contribution in [0.15, 0.2) is 12.1 Å². The molecule has 3 rings (SSSR count).